The lowest BCUT2D eigenvalue weighted by atomic mass is 10.1. The van der Waals surface area contributed by atoms with Gasteiger partial charge in [0, 0.05) is 11.6 Å². The summed E-state index contributed by atoms with van der Waals surface area (Å²) < 4.78 is 12.5. The number of hydrogen-bond donors (Lipinski definition) is 0. The Bertz CT molecular complexity index is 408. The van der Waals surface area contributed by atoms with Crippen LogP contribution < -0.4 is 4.43 Å². The van der Waals surface area contributed by atoms with Crippen molar-refractivity contribution in [2.24, 2.45) is 0 Å². The van der Waals surface area contributed by atoms with Crippen LogP contribution in [0.5, 0.6) is 5.75 Å². The molecule has 0 aliphatic rings. The maximum absolute atomic E-state index is 6.26. The molecule has 0 saturated heterocycles. The first kappa shape index (κ1) is 19.5. The molecule has 0 atom stereocenters. The molecule has 0 N–H and O–H groups in total. The lowest BCUT2D eigenvalue weighted by Crippen LogP contribution is -2.44. The first-order valence-electron chi connectivity index (χ1n) is 8.74. The molecule has 0 fully saturated rings. The summed E-state index contributed by atoms with van der Waals surface area (Å²) in [5, 5.41) is 0.712. The fourth-order valence-electron chi connectivity index (χ4n) is 2.51. The van der Waals surface area contributed by atoms with E-state index in [2.05, 4.69) is 20.8 Å². The highest BCUT2D eigenvalue weighted by Crippen LogP contribution is 2.25. The smallest absolute Gasteiger partial charge is 0.398 e. The average Bonchev–Trinajstić information content (AvgIpc) is 2.53. The molecule has 0 spiro atoms. The monoisotopic (exact) mass is 342 g/mol. The second kappa shape index (κ2) is 11.1. The number of benzene rings is 1. The summed E-state index contributed by atoms with van der Waals surface area (Å²) in [5.41, 5.74) is 0. The zero-order valence-electron chi connectivity index (χ0n) is 14.4. The third-order valence-electron chi connectivity index (χ3n) is 4.04. The Morgan fingerprint density at radius 2 is 1.64 bits per heavy atom. The molecule has 1 aromatic rings. The van der Waals surface area contributed by atoms with E-state index in [1.807, 2.05) is 24.3 Å². The van der Waals surface area contributed by atoms with E-state index in [9.17, 15) is 0 Å². The van der Waals surface area contributed by atoms with Crippen LogP contribution in [0.1, 0.15) is 59.3 Å². The highest BCUT2D eigenvalue weighted by Gasteiger charge is 2.35. The summed E-state index contributed by atoms with van der Waals surface area (Å²) in [6, 6.07) is 9.57. The van der Waals surface area contributed by atoms with Crippen molar-refractivity contribution in [3.05, 3.63) is 29.3 Å². The molecule has 126 valence electrons. The Morgan fingerprint density at radius 3 is 2.27 bits per heavy atom. The standard InChI is InChI=1S/C18H31ClO2Si/c1-4-7-8-9-10-11-15-20-22(5-2,6-3)21-18-14-12-13-17(19)16-18/h12-14,16H,4-11,15H2,1-3H3. The van der Waals surface area contributed by atoms with E-state index in [4.69, 9.17) is 20.5 Å². The van der Waals surface area contributed by atoms with E-state index in [0.717, 1.165) is 30.9 Å². The molecular weight excluding hydrogens is 312 g/mol. The van der Waals surface area contributed by atoms with Crippen LogP contribution in [0.3, 0.4) is 0 Å². The Hall–Kier alpha value is -0.513. The highest BCUT2D eigenvalue weighted by molar-refractivity contribution is 6.68. The summed E-state index contributed by atoms with van der Waals surface area (Å²) in [7, 11) is -2.14. The quantitative estimate of drug-likeness (QED) is 0.315. The van der Waals surface area contributed by atoms with Gasteiger partial charge in [-0.1, -0.05) is 70.5 Å². The molecule has 22 heavy (non-hydrogen) atoms. The Kier molecular flexibility index (Phi) is 9.85. The molecule has 0 saturated carbocycles. The normalized spacial score (nSPS) is 11.6. The molecule has 4 heteroatoms. The van der Waals surface area contributed by atoms with Crippen LogP contribution in [0.2, 0.25) is 17.1 Å². The molecule has 0 aromatic heterocycles. The molecule has 0 radical (unpaired) electrons. The zero-order valence-corrected chi connectivity index (χ0v) is 16.1. The van der Waals surface area contributed by atoms with Crippen LogP contribution >= 0.6 is 11.6 Å². The van der Waals surface area contributed by atoms with Crippen molar-refractivity contribution in [1.82, 2.24) is 0 Å². The van der Waals surface area contributed by atoms with E-state index >= 15 is 0 Å². The van der Waals surface area contributed by atoms with Crippen molar-refractivity contribution < 1.29 is 8.85 Å². The van der Waals surface area contributed by atoms with Gasteiger partial charge in [-0.25, -0.2) is 0 Å². The molecule has 1 aromatic carbocycles. The summed E-state index contributed by atoms with van der Waals surface area (Å²) in [4.78, 5) is 0. The lowest BCUT2D eigenvalue weighted by molar-refractivity contribution is 0.230. The van der Waals surface area contributed by atoms with Crippen molar-refractivity contribution in [2.45, 2.75) is 71.4 Å². The van der Waals surface area contributed by atoms with Crippen LogP contribution in [0.15, 0.2) is 24.3 Å². The van der Waals surface area contributed by atoms with Gasteiger partial charge in [-0.05, 0) is 36.7 Å². The average molecular weight is 343 g/mol. The lowest BCUT2D eigenvalue weighted by Gasteiger charge is -2.29. The third kappa shape index (κ3) is 7.17. The van der Waals surface area contributed by atoms with Gasteiger partial charge in [0.25, 0.3) is 0 Å². The number of hydrogen-bond acceptors (Lipinski definition) is 2. The maximum Gasteiger partial charge on any atom is 0.398 e. The largest absolute Gasteiger partial charge is 0.520 e. The van der Waals surface area contributed by atoms with E-state index in [1.54, 1.807) is 0 Å². The number of unbranched alkanes of at least 4 members (excludes halogenated alkanes) is 5. The molecule has 1 rings (SSSR count). The van der Waals surface area contributed by atoms with Gasteiger partial charge in [0.05, 0.1) is 0 Å². The predicted molar refractivity (Wildman–Crippen MR) is 98.1 cm³/mol. The van der Waals surface area contributed by atoms with E-state index < -0.39 is 8.56 Å². The number of halogens is 1. The second-order valence-corrected chi connectivity index (χ2v) is 9.96. The molecule has 0 bridgehead atoms. The second-order valence-electron chi connectivity index (χ2n) is 5.79. The fraction of sp³-hybridized carbons (Fsp3) is 0.667. The SMILES string of the molecule is CCCCCCCCO[Si](CC)(CC)Oc1cccc(Cl)c1. The van der Waals surface area contributed by atoms with Gasteiger partial charge in [0.2, 0.25) is 0 Å². The predicted octanol–water partition coefficient (Wildman–Crippen LogP) is 6.58. The Balaban J connectivity index is 2.42. The molecule has 0 aliphatic carbocycles. The first-order valence-corrected chi connectivity index (χ1v) is 11.3. The summed E-state index contributed by atoms with van der Waals surface area (Å²) in [6.45, 7) is 7.41. The maximum atomic E-state index is 6.26. The Labute approximate surface area is 142 Å². The van der Waals surface area contributed by atoms with Crippen molar-refractivity contribution in [1.29, 1.82) is 0 Å². The number of rotatable bonds is 12. The van der Waals surface area contributed by atoms with Crippen LogP contribution in [-0.4, -0.2) is 15.2 Å². The molecule has 0 aliphatic heterocycles. The summed E-state index contributed by atoms with van der Waals surface area (Å²) in [5.74, 6) is 0.839. The van der Waals surface area contributed by atoms with E-state index in [0.29, 0.717) is 5.02 Å². The van der Waals surface area contributed by atoms with Crippen molar-refractivity contribution in [2.75, 3.05) is 6.61 Å². The van der Waals surface area contributed by atoms with Crippen LogP contribution in [0, 0.1) is 0 Å². The fourth-order valence-corrected chi connectivity index (χ4v) is 5.02. The van der Waals surface area contributed by atoms with Crippen LogP contribution in [0.25, 0.3) is 0 Å². The van der Waals surface area contributed by atoms with Gasteiger partial charge in [-0.15, -0.1) is 0 Å². The van der Waals surface area contributed by atoms with Gasteiger partial charge >= 0.3 is 8.56 Å². The van der Waals surface area contributed by atoms with Crippen LogP contribution in [0.4, 0.5) is 0 Å². The van der Waals surface area contributed by atoms with Gasteiger partial charge < -0.3 is 8.85 Å². The minimum Gasteiger partial charge on any atom is -0.520 e. The highest BCUT2D eigenvalue weighted by atomic mass is 35.5. The van der Waals surface area contributed by atoms with Crippen LogP contribution in [-0.2, 0) is 4.43 Å². The molecule has 0 amide bonds. The minimum absolute atomic E-state index is 0.712. The zero-order chi connectivity index (χ0) is 16.3. The molecule has 0 unspecified atom stereocenters. The molecular formula is C18H31ClO2Si. The first-order chi connectivity index (χ1) is 10.7. The van der Waals surface area contributed by atoms with Crippen molar-refractivity contribution in [3.8, 4) is 5.75 Å². The van der Waals surface area contributed by atoms with Crippen molar-refractivity contribution in [3.63, 3.8) is 0 Å². The Morgan fingerprint density at radius 1 is 0.955 bits per heavy atom. The molecule has 0 heterocycles. The van der Waals surface area contributed by atoms with Gasteiger partial charge in [0.15, 0.2) is 0 Å². The minimum atomic E-state index is -2.14. The van der Waals surface area contributed by atoms with Gasteiger partial charge in [-0.3, -0.25) is 0 Å². The van der Waals surface area contributed by atoms with Gasteiger partial charge in [-0.2, -0.15) is 0 Å². The van der Waals surface area contributed by atoms with Crippen molar-refractivity contribution >= 4 is 20.2 Å². The summed E-state index contributed by atoms with van der Waals surface area (Å²) >= 11 is 6.04. The summed E-state index contributed by atoms with van der Waals surface area (Å²) in [6.07, 6.45) is 7.71. The van der Waals surface area contributed by atoms with E-state index in [-0.39, 0.29) is 0 Å². The molecule has 2 nitrogen and oxygen atoms in total. The topological polar surface area (TPSA) is 18.5 Å². The van der Waals surface area contributed by atoms with Gasteiger partial charge in [0.1, 0.15) is 5.75 Å². The van der Waals surface area contributed by atoms with E-state index in [1.165, 1.54) is 32.1 Å². The third-order valence-corrected chi connectivity index (χ3v) is 7.77.